The maximum Gasteiger partial charge on any atom is 0.119 e. The van der Waals surface area contributed by atoms with Gasteiger partial charge >= 0.3 is 0 Å². The molecule has 0 aromatic heterocycles. The van der Waals surface area contributed by atoms with Gasteiger partial charge in [0.1, 0.15) is 12.4 Å². The smallest absolute Gasteiger partial charge is 0.119 e. The molecule has 0 amide bonds. The Labute approximate surface area is 136 Å². The predicted molar refractivity (Wildman–Crippen MR) is 89.8 cm³/mol. The number of nitrogens with zero attached hydrogens (tertiary/aromatic N) is 1. The summed E-state index contributed by atoms with van der Waals surface area (Å²) in [7, 11) is 0. The summed E-state index contributed by atoms with van der Waals surface area (Å²) in [5, 5.41) is 3.67. The fourth-order valence-electron chi connectivity index (χ4n) is 3.56. The highest BCUT2D eigenvalue weighted by Crippen LogP contribution is 2.24. The predicted octanol–water partition coefficient (Wildman–Crippen LogP) is 3.29. The van der Waals surface area contributed by atoms with Crippen LogP contribution in [-0.2, 0) is 0 Å². The Balaban J connectivity index is 1.41. The van der Waals surface area contributed by atoms with Crippen molar-refractivity contribution >= 4 is 15.9 Å². The maximum absolute atomic E-state index is 5.85. The third-order valence-corrected chi connectivity index (χ3v) is 5.23. The molecular weight excluding hydrogens is 328 g/mol. The van der Waals surface area contributed by atoms with Crippen molar-refractivity contribution in [1.82, 2.24) is 10.2 Å². The molecule has 1 aromatic rings. The van der Waals surface area contributed by atoms with E-state index in [9.17, 15) is 0 Å². The van der Waals surface area contributed by atoms with Crippen LogP contribution in [0.2, 0.25) is 0 Å². The van der Waals surface area contributed by atoms with Gasteiger partial charge in [0.2, 0.25) is 0 Å². The van der Waals surface area contributed by atoms with E-state index in [2.05, 4.69) is 26.1 Å². The molecule has 116 valence electrons. The summed E-state index contributed by atoms with van der Waals surface area (Å²) < 4.78 is 6.94. The Morgan fingerprint density at radius 2 is 2.05 bits per heavy atom. The fourth-order valence-corrected chi connectivity index (χ4v) is 3.82. The maximum atomic E-state index is 5.85. The average Bonchev–Trinajstić information content (AvgIpc) is 3.04. The number of piperidine rings is 1. The Morgan fingerprint density at radius 3 is 2.81 bits per heavy atom. The first-order chi connectivity index (χ1) is 10.3. The van der Waals surface area contributed by atoms with Crippen molar-refractivity contribution in [3.05, 3.63) is 28.7 Å². The van der Waals surface area contributed by atoms with Crippen molar-refractivity contribution in [3.63, 3.8) is 0 Å². The summed E-state index contributed by atoms with van der Waals surface area (Å²) in [6, 6.07) is 8.85. The number of nitrogens with one attached hydrogen (secondary N) is 1. The molecule has 3 nitrogen and oxygen atoms in total. The van der Waals surface area contributed by atoms with Crippen LogP contribution in [0.5, 0.6) is 5.75 Å². The molecular formula is C17H25BrN2O. The van der Waals surface area contributed by atoms with Crippen molar-refractivity contribution in [2.75, 3.05) is 32.8 Å². The van der Waals surface area contributed by atoms with Gasteiger partial charge in [0.15, 0.2) is 0 Å². The quantitative estimate of drug-likeness (QED) is 0.879. The number of ether oxygens (including phenoxy) is 1. The van der Waals surface area contributed by atoms with Crippen molar-refractivity contribution in [1.29, 1.82) is 0 Å². The molecule has 0 saturated carbocycles. The summed E-state index contributed by atoms with van der Waals surface area (Å²) in [5.74, 6) is 1.80. The zero-order chi connectivity index (χ0) is 14.5. The lowest BCUT2D eigenvalue weighted by atomic mass is 9.90. The zero-order valence-electron chi connectivity index (χ0n) is 12.6. The van der Waals surface area contributed by atoms with Crippen LogP contribution < -0.4 is 10.1 Å². The first kappa shape index (κ1) is 15.3. The Hall–Kier alpha value is -0.580. The molecule has 2 heterocycles. The number of hydrogen-bond donors (Lipinski definition) is 1. The molecule has 2 saturated heterocycles. The summed E-state index contributed by atoms with van der Waals surface area (Å²) in [4.78, 5) is 2.58. The van der Waals surface area contributed by atoms with Crippen LogP contribution in [0.25, 0.3) is 0 Å². The minimum absolute atomic E-state index is 0.764. The van der Waals surface area contributed by atoms with Gasteiger partial charge in [-0.3, -0.25) is 4.90 Å². The lowest BCUT2D eigenvalue weighted by molar-refractivity contribution is 0.130. The Morgan fingerprint density at radius 1 is 1.19 bits per heavy atom. The van der Waals surface area contributed by atoms with Crippen LogP contribution in [0.1, 0.15) is 25.7 Å². The summed E-state index contributed by atoms with van der Waals surface area (Å²) in [5.41, 5.74) is 0. The Bertz CT molecular complexity index is 431. The number of benzene rings is 1. The van der Waals surface area contributed by atoms with Crippen LogP contribution in [0.15, 0.2) is 28.7 Å². The molecule has 0 spiro atoms. The molecule has 21 heavy (non-hydrogen) atoms. The lowest BCUT2D eigenvalue weighted by Gasteiger charge is -2.35. The van der Waals surface area contributed by atoms with Gasteiger partial charge in [0.05, 0.1) is 0 Å². The van der Waals surface area contributed by atoms with Gasteiger partial charge in [-0.1, -0.05) is 15.9 Å². The molecule has 2 unspecified atom stereocenters. The van der Waals surface area contributed by atoms with E-state index in [0.717, 1.165) is 35.3 Å². The van der Waals surface area contributed by atoms with E-state index in [0.29, 0.717) is 0 Å². The fraction of sp³-hybridized carbons (Fsp3) is 0.647. The van der Waals surface area contributed by atoms with Crippen molar-refractivity contribution < 1.29 is 4.74 Å². The van der Waals surface area contributed by atoms with Crippen LogP contribution >= 0.6 is 15.9 Å². The molecule has 0 bridgehead atoms. The first-order valence-electron chi connectivity index (χ1n) is 8.15. The molecule has 1 aromatic carbocycles. The molecule has 2 aliphatic heterocycles. The third-order valence-electron chi connectivity index (χ3n) is 4.70. The summed E-state index contributed by atoms with van der Waals surface area (Å²) >= 11 is 3.45. The third kappa shape index (κ3) is 4.44. The van der Waals surface area contributed by atoms with Gasteiger partial charge in [0, 0.05) is 23.6 Å². The van der Waals surface area contributed by atoms with Crippen molar-refractivity contribution in [2.24, 2.45) is 5.92 Å². The highest BCUT2D eigenvalue weighted by atomic mass is 79.9. The zero-order valence-corrected chi connectivity index (χ0v) is 14.1. The number of halogens is 1. The van der Waals surface area contributed by atoms with Gasteiger partial charge in [-0.25, -0.2) is 0 Å². The standard InChI is InChI=1S/C17H25BrN2O/c18-15-5-7-16(8-6-15)21-12-11-20-10-2-3-14(13-20)17-4-1-9-19-17/h5-8,14,17,19H,1-4,9-13H2. The van der Waals surface area contributed by atoms with Crippen LogP contribution in [0.3, 0.4) is 0 Å². The van der Waals surface area contributed by atoms with E-state index in [1.807, 2.05) is 24.3 Å². The molecule has 0 radical (unpaired) electrons. The van der Waals surface area contributed by atoms with Gasteiger partial charge < -0.3 is 10.1 Å². The topological polar surface area (TPSA) is 24.5 Å². The second kappa shape index (κ2) is 7.61. The molecule has 0 aliphatic carbocycles. The van der Waals surface area contributed by atoms with Crippen LogP contribution in [0.4, 0.5) is 0 Å². The van der Waals surface area contributed by atoms with Gasteiger partial charge in [-0.2, -0.15) is 0 Å². The van der Waals surface area contributed by atoms with E-state index in [1.165, 1.54) is 45.3 Å². The van der Waals surface area contributed by atoms with E-state index < -0.39 is 0 Å². The van der Waals surface area contributed by atoms with Crippen molar-refractivity contribution in [3.8, 4) is 5.75 Å². The Kier molecular flexibility index (Phi) is 5.55. The van der Waals surface area contributed by atoms with Gasteiger partial charge in [0.25, 0.3) is 0 Å². The number of rotatable bonds is 5. The van der Waals surface area contributed by atoms with Crippen LogP contribution in [0, 0.1) is 5.92 Å². The molecule has 2 atom stereocenters. The SMILES string of the molecule is Brc1ccc(OCCN2CCCC(C3CCCN3)C2)cc1. The second-order valence-corrected chi connectivity index (χ2v) is 7.12. The minimum atomic E-state index is 0.764. The molecule has 4 heteroatoms. The monoisotopic (exact) mass is 352 g/mol. The van der Waals surface area contributed by atoms with Crippen molar-refractivity contribution in [2.45, 2.75) is 31.7 Å². The molecule has 1 N–H and O–H groups in total. The first-order valence-corrected chi connectivity index (χ1v) is 8.95. The average molecular weight is 353 g/mol. The lowest BCUT2D eigenvalue weighted by Crippen LogP contribution is -2.44. The molecule has 2 aliphatic rings. The number of likely N-dealkylation sites (tertiary alicyclic amines) is 1. The van der Waals surface area contributed by atoms with Gasteiger partial charge in [-0.15, -0.1) is 0 Å². The summed E-state index contributed by atoms with van der Waals surface area (Å²) in [6.07, 6.45) is 5.45. The molecule has 2 fully saturated rings. The normalized spacial score (nSPS) is 26.9. The van der Waals surface area contributed by atoms with Gasteiger partial charge in [-0.05, 0) is 69.0 Å². The highest BCUT2D eigenvalue weighted by Gasteiger charge is 2.28. The summed E-state index contributed by atoms with van der Waals surface area (Å²) in [6.45, 7) is 5.51. The van der Waals surface area contributed by atoms with E-state index in [4.69, 9.17) is 4.74 Å². The van der Waals surface area contributed by atoms with E-state index in [1.54, 1.807) is 0 Å². The van der Waals surface area contributed by atoms with Crippen LogP contribution in [-0.4, -0.2) is 43.7 Å². The minimum Gasteiger partial charge on any atom is -0.492 e. The van der Waals surface area contributed by atoms with E-state index in [-0.39, 0.29) is 0 Å². The highest BCUT2D eigenvalue weighted by molar-refractivity contribution is 9.10. The largest absolute Gasteiger partial charge is 0.492 e. The molecule has 3 rings (SSSR count). The number of hydrogen-bond acceptors (Lipinski definition) is 3. The van der Waals surface area contributed by atoms with E-state index >= 15 is 0 Å². The second-order valence-electron chi connectivity index (χ2n) is 6.21.